The van der Waals surface area contributed by atoms with Gasteiger partial charge in [0.1, 0.15) is 0 Å². The van der Waals surface area contributed by atoms with Crippen LogP contribution in [0.15, 0.2) is 48.7 Å². The second-order valence-corrected chi connectivity index (χ2v) is 5.47. The summed E-state index contributed by atoms with van der Waals surface area (Å²) in [6, 6.07) is 11.4. The number of fused-ring (bicyclic) bond motifs is 1. The number of esters is 1. The van der Waals surface area contributed by atoms with Crippen molar-refractivity contribution in [3.05, 3.63) is 65.6 Å². The van der Waals surface area contributed by atoms with Gasteiger partial charge in [-0.25, -0.2) is 4.39 Å². The second kappa shape index (κ2) is 7.17. The van der Waals surface area contributed by atoms with E-state index in [-0.39, 0.29) is 17.7 Å². The van der Waals surface area contributed by atoms with Crippen molar-refractivity contribution >= 4 is 22.7 Å². The zero-order valence-corrected chi connectivity index (χ0v) is 13.5. The Balaban J connectivity index is 1.60. The number of hydrogen-bond acceptors (Lipinski definition) is 4. The highest BCUT2D eigenvalue weighted by molar-refractivity contribution is 5.98. The molecule has 0 atom stereocenters. The smallest absolute Gasteiger partial charge is 0.310 e. The first-order valence-electron chi connectivity index (χ1n) is 7.66. The van der Waals surface area contributed by atoms with Crippen molar-refractivity contribution in [1.82, 2.24) is 4.98 Å². The summed E-state index contributed by atoms with van der Waals surface area (Å²) in [6.45, 7) is -0.438. The van der Waals surface area contributed by atoms with Gasteiger partial charge in [-0.05, 0) is 29.8 Å². The average molecular weight is 341 g/mol. The van der Waals surface area contributed by atoms with E-state index < -0.39 is 24.2 Å². The van der Waals surface area contributed by atoms with Crippen molar-refractivity contribution in [3.63, 3.8) is 0 Å². The molecule has 1 aromatic heterocycles. The molecule has 5 nitrogen and oxygen atoms in total. The lowest BCUT2D eigenvalue weighted by Crippen LogP contribution is -2.15. The van der Waals surface area contributed by atoms with Gasteiger partial charge < -0.3 is 14.5 Å². The van der Waals surface area contributed by atoms with Crippen LogP contribution in [0.5, 0.6) is 5.75 Å². The Bertz CT molecular complexity index is 932. The van der Waals surface area contributed by atoms with Crippen LogP contribution in [-0.4, -0.2) is 30.5 Å². The SMILES string of the molecule is COc1ccc(C(=O)COC(=O)Cc2c[nH]c3ccccc23)cc1F. The van der Waals surface area contributed by atoms with Gasteiger partial charge in [0.25, 0.3) is 0 Å². The van der Waals surface area contributed by atoms with Gasteiger partial charge in [-0.1, -0.05) is 18.2 Å². The van der Waals surface area contributed by atoms with Gasteiger partial charge in [0.05, 0.1) is 13.5 Å². The summed E-state index contributed by atoms with van der Waals surface area (Å²) >= 11 is 0. The molecule has 2 aromatic carbocycles. The van der Waals surface area contributed by atoms with E-state index >= 15 is 0 Å². The number of ketones is 1. The lowest BCUT2D eigenvalue weighted by atomic mass is 10.1. The van der Waals surface area contributed by atoms with E-state index in [1.807, 2.05) is 24.3 Å². The number of aromatic amines is 1. The molecular formula is C19H16FNO4. The summed E-state index contributed by atoms with van der Waals surface area (Å²) < 4.78 is 23.4. The molecule has 0 bridgehead atoms. The molecule has 6 heteroatoms. The number of hydrogen-bond donors (Lipinski definition) is 1. The zero-order chi connectivity index (χ0) is 17.8. The fraction of sp³-hybridized carbons (Fsp3) is 0.158. The highest BCUT2D eigenvalue weighted by Crippen LogP contribution is 2.19. The highest BCUT2D eigenvalue weighted by atomic mass is 19.1. The Labute approximate surface area is 143 Å². The lowest BCUT2D eigenvalue weighted by molar-refractivity contribution is -0.141. The molecule has 0 saturated carbocycles. The first-order valence-corrected chi connectivity index (χ1v) is 7.66. The minimum atomic E-state index is -0.640. The molecule has 0 aliphatic heterocycles. The standard InChI is InChI=1S/C19H16FNO4/c1-24-18-7-6-12(8-15(18)20)17(22)11-25-19(23)9-13-10-21-16-5-3-2-4-14(13)16/h2-8,10,21H,9,11H2,1H3. The van der Waals surface area contributed by atoms with Crippen LogP contribution in [0.4, 0.5) is 4.39 Å². The van der Waals surface area contributed by atoms with Crippen LogP contribution in [0.2, 0.25) is 0 Å². The largest absolute Gasteiger partial charge is 0.494 e. The summed E-state index contributed by atoms with van der Waals surface area (Å²) in [4.78, 5) is 27.1. The first-order chi connectivity index (χ1) is 12.1. The van der Waals surface area contributed by atoms with Crippen LogP contribution in [0.25, 0.3) is 10.9 Å². The molecular weight excluding hydrogens is 325 g/mol. The second-order valence-electron chi connectivity index (χ2n) is 5.47. The maximum atomic E-state index is 13.6. The molecule has 0 spiro atoms. The first kappa shape index (κ1) is 16.7. The van der Waals surface area contributed by atoms with E-state index in [1.54, 1.807) is 6.20 Å². The monoisotopic (exact) mass is 341 g/mol. The van der Waals surface area contributed by atoms with Gasteiger partial charge in [0.15, 0.2) is 24.0 Å². The number of aromatic nitrogens is 1. The highest BCUT2D eigenvalue weighted by Gasteiger charge is 2.14. The van der Waals surface area contributed by atoms with Crippen LogP contribution in [0.3, 0.4) is 0 Å². The maximum absolute atomic E-state index is 13.6. The minimum Gasteiger partial charge on any atom is -0.494 e. The van der Waals surface area contributed by atoms with E-state index in [0.717, 1.165) is 22.5 Å². The maximum Gasteiger partial charge on any atom is 0.310 e. The van der Waals surface area contributed by atoms with Crippen LogP contribution in [0.1, 0.15) is 15.9 Å². The lowest BCUT2D eigenvalue weighted by Gasteiger charge is -2.06. The van der Waals surface area contributed by atoms with E-state index in [0.29, 0.717) is 0 Å². The summed E-state index contributed by atoms with van der Waals surface area (Å²) in [6.07, 6.45) is 1.79. The molecule has 0 radical (unpaired) electrons. The number of carbonyl (C=O) groups is 2. The quantitative estimate of drug-likeness (QED) is 0.552. The number of H-pyrrole nitrogens is 1. The van der Waals surface area contributed by atoms with Gasteiger partial charge in [0, 0.05) is 22.7 Å². The molecule has 0 amide bonds. The van der Waals surface area contributed by atoms with Gasteiger partial charge in [0.2, 0.25) is 0 Å². The molecule has 128 valence electrons. The van der Waals surface area contributed by atoms with Crippen LogP contribution in [0, 0.1) is 5.82 Å². The third-order valence-electron chi connectivity index (χ3n) is 3.85. The van der Waals surface area contributed by atoms with Crippen molar-refractivity contribution in [2.75, 3.05) is 13.7 Å². The number of nitrogens with one attached hydrogen (secondary N) is 1. The molecule has 3 rings (SSSR count). The van der Waals surface area contributed by atoms with Gasteiger partial charge in [-0.15, -0.1) is 0 Å². The Hall–Kier alpha value is -3.15. The average Bonchev–Trinajstić information content (AvgIpc) is 3.02. The van der Waals surface area contributed by atoms with Gasteiger partial charge in [-0.2, -0.15) is 0 Å². The van der Waals surface area contributed by atoms with Crippen molar-refractivity contribution in [2.45, 2.75) is 6.42 Å². The van der Waals surface area contributed by atoms with Crippen molar-refractivity contribution in [2.24, 2.45) is 0 Å². The third-order valence-corrected chi connectivity index (χ3v) is 3.85. The molecule has 1 heterocycles. The number of benzene rings is 2. The van der Waals surface area contributed by atoms with Crippen LogP contribution < -0.4 is 4.74 Å². The summed E-state index contributed by atoms with van der Waals surface area (Å²) in [5, 5.41) is 0.933. The molecule has 0 aliphatic rings. The summed E-state index contributed by atoms with van der Waals surface area (Å²) in [7, 11) is 1.34. The number of rotatable bonds is 6. The van der Waals surface area contributed by atoms with E-state index in [2.05, 4.69) is 4.98 Å². The Kier molecular flexibility index (Phi) is 4.79. The molecule has 0 saturated heterocycles. The zero-order valence-electron chi connectivity index (χ0n) is 13.5. The predicted molar refractivity (Wildman–Crippen MR) is 90.2 cm³/mol. The van der Waals surface area contributed by atoms with Gasteiger partial charge >= 0.3 is 5.97 Å². The Morgan fingerprint density at radius 2 is 1.96 bits per heavy atom. The number of para-hydroxylation sites is 1. The van der Waals surface area contributed by atoms with Crippen molar-refractivity contribution < 1.29 is 23.5 Å². The van der Waals surface area contributed by atoms with Crippen molar-refractivity contribution in [1.29, 1.82) is 0 Å². The van der Waals surface area contributed by atoms with E-state index in [1.165, 1.54) is 19.2 Å². The summed E-state index contributed by atoms with van der Waals surface area (Å²) in [5.41, 5.74) is 1.84. The molecule has 25 heavy (non-hydrogen) atoms. The fourth-order valence-corrected chi connectivity index (χ4v) is 2.55. The normalized spacial score (nSPS) is 10.6. The van der Waals surface area contributed by atoms with Crippen molar-refractivity contribution in [3.8, 4) is 5.75 Å². The molecule has 0 aliphatic carbocycles. The summed E-state index contributed by atoms with van der Waals surface area (Å²) in [5.74, 6) is -1.59. The van der Waals surface area contributed by atoms with Gasteiger partial charge in [-0.3, -0.25) is 9.59 Å². The van der Waals surface area contributed by atoms with E-state index in [9.17, 15) is 14.0 Å². The third kappa shape index (κ3) is 3.68. The number of halogens is 1. The Morgan fingerprint density at radius 1 is 1.16 bits per heavy atom. The molecule has 3 aromatic rings. The fourth-order valence-electron chi connectivity index (χ4n) is 2.55. The topological polar surface area (TPSA) is 68.4 Å². The van der Waals surface area contributed by atoms with E-state index in [4.69, 9.17) is 9.47 Å². The molecule has 0 fully saturated rings. The number of Topliss-reactive ketones (excluding diaryl/α,β-unsaturated/α-hetero) is 1. The minimum absolute atomic E-state index is 0.0490. The number of methoxy groups -OCH3 is 1. The van der Waals surface area contributed by atoms with Crippen LogP contribution >= 0.6 is 0 Å². The molecule has 1 N–H and O–H groups in total. The number of carbonyl (C=O) groups excluding carboxylic acids is 2. The van der Waals surface area contributed by atoms with Crippen LogP contribution in [-0.2, 0) is 16.0 Å². The number of ether oxygens (including phenoxy) is 2. The molecule has 0 unspecified atom stereocenters. The predicted octanol–water partition coefficient (Wildman–Crippen LogP) is 3.28. The Morgan fingerprint density at radius 3 is 2.72 bits per heavy atom.